The van der Waals surface area contributed by atoms with Crippen LogP contribution >= 0.6 is 24.0 Å². The zero-order valence-electron chi connectivity index (χ0n) is 6.59. The maximum atomic E-state index is 6.00. The Hall–Kier alpha value is -0.240. The highest BCUT2D eigenvalue weighted by Gasteiger charge is 2.20. The summed E-state index contributed by atoms with van der Waals surface area (Å²) in [6.07, 6.45) is 0. The lowest BCUT2D eigenvalue weighted by Crippen LogP contribution is -2.39. The first-order valence-corrected chi connectivity index (χ1v) is 4.21. The van der Waals surface area contributed by atoms with Crippen molar-refractivity contribution >= 4 is 24.0 Å². The van der Waals surface area contributed by atoms with Crippen LogP contribution in [0.4, 0.5) is 0 Å². The fourth-order valence-corrected chi connectivity index (χ4v) is 1.60. The quantitative estimate of drug-likeness (QED) is 0.740. The second kappa shape index (κ2) is 4.13. The molecule has 0 amide bonds. The molecule has 2 rings (SSSR count). The van der Waals surface area contributed by atoms with Gasteiger partial charge in [0.25, 0.3) is 0 Å². The molecule has 0 spiro atoms. The van der Waals surface area contributed by atoms with Crippen molar-refractivity contribution in [2.75, 3.05) is 13.1 Å². The normalized spacial score (nSPS) is 16.4. The third-order valence-corrected chi connectivity index (χ3v) is 2.47. The number of benzene rings is 1. The number of nitrogens with one attached hydrogen (secondary N) is 1. The van der Waals surface area contributed by atoms with Gasteiger partial charge in [-0.3, -0.25) is 0 Å². The minimum atomic E-state index is 0. The Labute approximate surface area is 83.5 Å². The first-order valence-electron chi connectivity index (χ1n) is 3.83. The second-order valence-corrected chi connectivity index (χ2v) is 3.28. The van der Waals surface area contributed by atoms with E-state index < -0.39 is 0 Å². The molecule has 1 aliphatic heterocycles. The van der Waals surface area contributed by atoms with Crippen LogP contribution in [0.15, 0.2) is 24.3 Å². The molecule has 0 aromatic heterocycles. The van der Waals surface area contributed by atoms with Gasteiger partial charge in [-0.25, -0.2) is 0 Å². The van der Waals surface area contributed by atoms with E-state index in [-0.39, 0.29) is 12.4 Å². The van der Waals surface area contributed by atoms with Crippen LogP contribution in [0, 0.1) is 0 Å². The molecule has 1 N–H and O–H groups in total. The van der Waals surface area contributed by atoms with Crippen molar-refractivity contribution in [3.8, 4) is 0 Å². The second-order valence-electron chi connectivity index (χ2n) is 2.88. The lowest BCUT2D eigenvalue weighted by Gasteiger charge is -2.28. The van der Waals surface area contributed by atoms with Crippen molar-refractivity contribution in [3.05, 3.63) is 34.9 Å². The number of hydrogen-bond acceptors (Lipinski definition) is 1. The average molecular weight is 204 g/mol. The van der Waals surface area contributed by atoms with Crippen LogP contribution < -0.4 is 5.32 Å². The summed E-state index contributed by atoms with van der Waals surface area (Å²) in [5.74, 6) is 0.642. The summed E-state index contributed by atoms with van der Waals surface area (Å²) in [5, 5.41) is 4.13. The van der Waals surface area contributed by atoms with Gasteiger partial charge < -0.3 is 5.32 Å². The summed E-state index contributed by atoms with van der Waals surface area (Å²) in [6, 6.07) is 8.07. The summed E-state index contributed by atoms with van der Waals surface area (Å²) in [4.78, 5) is 0. The molecule has 1 saturated heterocycles. The molecule has 0 bridgehead atoms. The van der Waals surface area contributed by atoms with Crippen molar-refractivity contribution in [2.24, 2.45) is 0 Å². The van der Waals surface area contributed by atoms with Gasteiger partial charge in [0.15, 0.2) is 0 Å². The minimum Gasteiger partial charge on any atom is -0.315 e. The van der Waals surface area contributed by atoms with Gasteiger partial charge in [0.05, 0.1) is 0 Å². The molecule has 1 heterocycles. The standard InChI is InChI=1S/C9H10ClN.ClH/c10-9-4-2-1-3-8(9)7-5-11-6-7;/h1-4,7,11H,5-6H2;1H. The molecule has 0 atom stereocenters. The fraction of sp³-hybridized carbons (Fsp3) is 0.333. The summed E-state index contributed by atoms with van der Waals surface area (Å²) in [5.41, 5.74) is 1.29. The molecular formula is C9H11Cl2N. The van der Waals surface area contributed by atoms with Crippen LogP contribution in [0.25, 0.3) is 0 Å². The molecule has 1 aromatic rings. The van der Waals surface area contributed by atoms with Gasteiger partial charge >= 0.3 is 0 Å². The monoisotopic (exact) mass is 203 g/mol. The molecule has 66 valence electrons. The molecule has 3 heteroatoms. The van der Waals surface area contributed by atoms with Gasteiger partial charge in [0.2, 0.25) is 0 Å². The fourth-order valence-electron chi connectivity index (χ4n) is 1.31. The Morgan fingerprint density at radius 3 is 2.42 bits per heavy atom. The topological polar surface area (TPSA) is 12.0 Å². The molecular weight excluding hydrogens is 193 g/mol. The summed E-state index contributed by atoms with van der Waals surface area (Å²) >= 11 is 6.00. The maximum absolute atomic E-state index is 6.00. The van der Waals surface area contributed by atoms with Crippen molar-refractivity contribution < 1.29 is 0 Å². The Kier molecular flexibility index (Phi) is 3.39. The van der Waals surface area contributed by atoms with Crippen LogP contribution in [0.1, 0.15) is 11.5 Å². The van der Waals surface area contributed by atoms with E-state index in [2.05, 4.69) is 11.4 Å². The van der Waals surface area contributed by atoms with E-state index in [0.29, 0.717) is 5.92 Å². The number of halogens is 2. The summed E-state index contributed by atoms with van der Waals surface area (Å²) in [6.45, 7) is 2.15. The molecule has 1 aliphatic rings. The van der Waals surface area contributed by atoms with Gasteiger partial charge in [-0.05, 0) is 11.6 Å². The smallest absolute Gasteiger partial charge is 0.0441 e. The van der Waals surface area contributed by atoms with Crippen molar-refractivity contribution in [3.63, 3.8) is 0 Å². The molecule has 0 saturated carbocycles. The average Bonchev–Trinajstić information content (AvgIpc) is 1.90. The highest BCUT2D eigenvalue weighted by atomic mass is 35.5. The molecule has 12 heavy (non-hydrogen) atoms. The van der Waals surface area contributed by atoms with E-state index in [1.807, 2.05) is 18.2 Å². The zero-order chi connectivity index (χ0) is 7.68. The maximum Gasteiger partial charge on any atom is 0.0441 e. The highest BCUT2D eigenvalue weighted by Crippen LogP contribution is 2.26. The van der Waals surface area contributed by atoms with Gasteiger partial charge in [0.1, 0.15) is 0 Å². The highest BCUT2D eigenvalue weighted by molar-refractivity contribution is 6.31. The predicted molar refractivity (Wildman–Crippen MR) is 54.3 cm³/mol. The Balaban J connectivity index is 0.000000720. The molecule has 1 fully saturated rings. The molecule has 0 radical (unpaired) electrons. The van der Waals surface area contributed by atoms with Gasteiger partial charge in [-0.1, -0.05) is 29.8 Å². The zero-order valence-corrected chi connectivity index (χ0v) is 8.16. The van der Waals surface area contributed by atoms with Crippen molar-refractivity contribution in [1.82, 2.24) is 5.32 Å². The van der Waals surface area contributed by atoms with E-state index in [9.17, 15) is 0 Å². The van der Waals surface area contributed by atoms with E-state index >= 15 is 0 Å². The van der Waals surface area contributed by atoms with Crippen molar-refractivity contribution in [1.29, 1.82) is 0 Å². The van der Waals surface area contributed by atoms with Crippen LogP contribution in [-0.4, -0.2) is 13.1 Å². The van der Waals surface area contributed by atoms with Crippen LogP contribution in [0.3, 0.4) is 0 Å². The summed E-state index contributed by atoms with van der Waals surface area (Å²) < 4.78 is 0. The lowest BCUT2D eigenvalue weighted by atomic mass is 9.94. The third kappa shape index (κ3) is 1.74. The van der Waals surface area contributed by atoms with Gasteiger partial charge in [-0.2, -0.15) is 0 Å². The molecule has 1 aromatic carbocycles. The van der Waals surface area contributed by atoms with E-state index in [1.54, 1.807) is 0 Å². The Bertz CT molecular complexity index is 258. The predicted octanol–water partition coefficient (Wildman–Crippen LogP) is 2.45. The molecule has 0 unspecified atom stereocenters. The number of hydrogen-bond donors (Lipinski definition) is 1. The van der Waals surface area contributed by atoms with E-state index in [4.69, 9.17) is 11.6 Å². The lowest BCUT2D eigenvalue weighted by molar-refractivity contribution is 0.448. The largest absolute Gasteiger partial charge is 0.315 e. The van der Waals surface area contributed by atoms with Crippen LogP contribution in [0.5, 0.6) is 0 Å². The summed E-state index contributed by atoms with van der Waals surface area (Å²) in [7, 11) is 0. The molecule has 1 nitrogen and oxygen atoms in total. The van der Waals surface area contributed by atoms with E-state index in [1.165, 1.54) is 5.56 Å². The minimum absolute atomic E-state index is 0. The SMILES string of the molecule is Cl.Clc1ccccc1C1CNC1. The van der Waals surface area contributed by atoms with Gasteiger partial charge in [0, 0.05) is 24.0 Å². The van der Waals surface area contributed by atoms with E-state index in [0.717, 1.165) is 18.1 Å². The Morgan fingerprint density at radius 1 is 1.25 bits per heavy atom. The van der Waals surface area contributed by atoms with Gasteiger partial charge in [-0.15, -0.1) is 12.4 Å². The van der Waals surface area contributed by atoms with Crippen LogP contribution in [0.2, 0.25) is 5.02 Å². The third-order valence-electron chi connectivity index (χ3n) is 2.13. The Morgan fingerprint density at radius 2 is 1.92 bits per heavy atom. The first-order chi connectivity index (χ1) is 5.38. The van der Waals surface area contributed by atoms with Crippen molar-refractivity contribution in [2.45, 2.75) is 5.92 Å². The van der Waals surface area contributed by atoms with Crippen LogP contribution in [-0.2, 0) is 0 Å². The number of rotatable bonds is 1. The molecule has 0 aliphatic carbocycles. The first kappa shape index (κ1) is 9.85.